The van der Waals surface area contributed by atoms with Gasteiger partial charge in [-0.25, -0.2) is 21.9 Å². The highest BCUT2D eigenvalue weighted by Gasteiger charge is 2.41. The maximum absolute atomic E-state index is 12.5. The van der Waals surface area contributed by atoms with Gasteiger partial charge in [-0.1, -0.05) is 0 Å². The fraction of sp³-hybridized carbons (Fsp3) is 0.333. The van der Waals surface area contributed by atoms with Crippen LogP contribution in [0, 0.1) is 0 Å². The van der Waals surface area contributed by atoms with Crippen LogP contribution in [0.1, 0.15) is 0 Å². The Morgan fingerprint density at radius 2 is 1.72 bits per heavy atom. The molecule has 0 spiro atoms. The van der Waals surface area contributed by atoms with Crippen molar-refractivity contribution in [1.82, 2.24) is 4.72 Å². The molecule has 0 atom stereocenters. The predicted octanol–water partition coefficient (Wildman–Crippen LogP) is 1.57. The third-order valence-corrected chi connectivity index (χ3v) is 3.38. The van der Waals surface area contributed by atoms with Crippen LogP contribution < -0.4 is 4.72 Å². The molecule has 1 aromatic carbocycles. The molecule has 0 aromatic heterocycles. The lowest BCUT2D eigenvalue weighted by Crippen LogP contribution is -2.41. The maximum atomic E-state index is 12.5. The van der Waals surface area contributed by atoms with Crippen molar-refractivity contribution in [2.45, 2.75) is 17.2 Å². The molecule has 0 bridgehead atoms. The van der Waals surface area contributed by atoms with Gasteiger partial charge < -0.3 is 5.11 Å². The molecule has 0 fully saturated rings. The van der Waals surface area contributed by atoms with Crippen molar-refractivity contribution < 1.29 is 31.1 Å². The first kappa shape index (κ1) is 14.7. The van der Waals surface area contributed by atoms with Crippen molar-refractivity contribution in [2.24, 2.45) is 0 Å². The minimum atomic E-state index is -4.44. The molecule has 1 aromatic rings. The van der Waals surface area contributed by atoms with Gasteiger partial charge in [-0.3, -0.25) is 0 Å². The second-order valence-electron chi connectivity index (χ2n) is 3.38. The van der Waals surface area contributed by atoms with Gasteiger partial charge in [-0.05, 0) is 24.3 Å². The van der Waals surface area contributed by atoms with Gasteiger partial charge in [0.15, 0.2) is 0 Å². The Balaban J connectivity index is 2.81. The van der Waals surface area contributed by atoms with Crippen LogP contribution in [0.2, 0.25) is 0 Å². The first-order chi connectivity index (χ1) is 8.15. The second kappa shape index (κ2) is 5.11. The quantitative estimate of drug-likeness (QED) is 0.808. The van der Waals surface area contributed by atoms with E-state index >= 15 is 0 Å². The number of aromatic hydroxyl groups is 1. The molecular formula is C9H9F4NO3S. The number of halogens is 4. The normalized spacial score (nSPS) is 12.9. The molecule has 0 aliphatic rings. The van der Waals surface area contributed by atoms with E-state index in [1.807, 2.05) is 0 Å². The molecule has 0 heterocycles. The van der Waals surface area contributed by atoms with Crippen LogP contribution in [0.15, 0.2) is 29.2 Å². The zero-order valence-electron chi connectivity index (χ0n) is 8.78. The van der Waals surface area contributed by atoms with Crippen LogP contribution in [0.4, 0.5) is 17.6 Å². The largest absolute Gasteiger partial charge is 0.508 e. The first-order valence-electron chi connectivity index (χ1n) is 4.60. The van der Waals surface area contributed by atoms with Gasteiger partial charge in [0.1, 0.15) is 5.75 Å². The van der Waals surface area contributed by atoms with E-state index in [0.717, 1.165) is 24.3 Å². The number of phenolic OH excluding ortho intramolecular Hbond substituents is 1. The number of hydrogen-bond acceptors (Lipinski definition) is 3. The van der Waals surface area contributed by atoms with Crippen molar-refractivity contribution in [3.8, 4) is 5.75 Å². The second-order valence-corrected chi connectivity index (χ2v) is 5.15. The third-order valence-electron chi connectivity index (χ3n) is 1.96. The topological polar surface area (TPSA) is 66.4 Å². The van der Waals surface area contributed by atoms with E-state index in [9.17, 15) is 26.0 Å². The maximum Gasteiger partial charge on any atom is 0.320 e. The van der Waals surface area contributed by atoms with E-state index in [4.69, 9.17) is 5.11 Å². The van der Waals surface area contributed by atoms with Gasteiger partial charge in [0.25, 0.3) is 0 Å². The minimum absolute atomic E-state index is 0.216. The Morgan fingerprint density at radius 1 is 1.22 bits per heavy atom. The van der Waals surface area contributed by atoms with E-state index in [1.54, 1.807) is 0 Å². The molecule has 2 N–H and O–H groups in total. The molecule has 1 rings (SSSR count). The van der Waals surface area contributed by atoms with Crippen LogP contribution in [-0.2, 0) is 10.0 Å². The number of phenols is 1. The van der Waals surface area contributed by atoms with Crippen molar-refractivity contribution in [3.05, 3.63) is 24.3 Å². The number of hydrogen-bond donors (Lipinski definition) is 2. The summed E-state index contributed by atoms with van der Waals surface area (Å²) in [5.41, 5.74) is 0. The fourth-order valence-corrected chi connectivity index (χ4v) is 2.02. The standard InChI is InChI=1S/C9H9F4NO3S/c10-8(11)9(12,13)5-14-18(16,17)7-3-1-6(15)2-4-7/h1-4,8,14-15H,5H2. The highest BCUT2D eigenvalue weighted by molar-refractivity contribution is 7.89. The zero-order chi connectivity index (χ0) is 14.0. The highest BCUT2D eigenvalue weighted by atomic mass is 32.2. The van der Waals surface area contributed by atoms with Crippen molar-refractivity contribution in [2.75, 3.05) is 6.54 Å². The van der Waals surface area contributed by atoms with Gasteiger partial charge >= 0.3 is 12.3 Å². The summed E-state index contributed by atoms with van der Waals surface area (Å²) in [4.78, 5) is -0.412. The van der Waals surface area contributed by atoms with Crippen molar-refractivity contribution in [1.29, 1.82) is 0 Å². The smallest absolute Gasteiger partial charge is 0.320 e. The molecule has 0 aliphatic heterocycles. The monoisotopic (exact) mass is 287 g/mol. The van der Waals surface area contributed by atoms with Gasteiger partial charge in [0, 0.05) is 0 Å². The lowest BCUT2D eigenvalue weighted by molar-refractivity contribution is -0.122. The Labute approximate surface area is 100 Å². The average Bonchev–Trinajstić information content (AvgIpc) is 2.27. The van der Waals surface area contributed by atoms with Crippen LogP contribution in [0.25, 0.3) is 0 Å². The summed E-state index contributed by atoms with van der Waals surface area (Å²) in [6, 6.07) is 3.97. The van der Waals surface area contributed by atoms with E-state index in [2.05, 4.69) is 0 Å². The Morgan fingerprint density at radius 3 is 2.17 bits per heavy atom. The van der Waals surface area contributed by atoms with E-state index in [1.165, 1.54) is 4.72 Å². The SMILES string of the molecule is O=S(=O)(NCC(F)(F)C(F)F)c1ccc(O)cc1. The summed E-state index contributed by atoms with van der Waals surface area (Å²) in [6.45, 7) is -1.70. The summed E-state index contributed by atoms with van der Waals surface area (Å²) in [5, 5.41) is 8.92. The molecule has 0 unspecified atom stereocenters. The number of benzene rings is 1. The molecule has 0 aliphatic carbocycles. The highest BCUT2D eigenvalue weighted by Crippen LogP contribution is 2.22. The van der Waals surface area contributed by atoms with Gasteiger partial charge in [-0.15, -0.1) is 0 Å². The summed E-state index contributed by atoms with van der Waals surface area (Å²) in [5.74, 6) is -4.66. The lowest BCUT2D eigenvalue weighted by atomic mass is 10.3. The summed E-state index contributed by atoms with van der Waals surface area (Å²) >= 11 is 0. The summed E-state index contributed by atoms with van der Waals surface area (Å²) in [6.07, 6.45) is -3.96. The minimum Gasteiger partial charge on any atom is -0.508 e. The first-order valence-corrected chi connectivity index (χ1v) is 6.08. The molecule has 0 amide bonds. The number of alkyl halides is 4. The van der Waals surface area contributed by atoms with E-state index in [-0.39, 0.29) is 5.75 Å². The molecule has 0 saturated carbocycles. The number of rotatable bonds is 5. The van der Waals surface area contributed by atoms with Crippen LogP contribution in [0.3, 0.4) is 0 Å². The zero-order valence-corrected chi connectivity index (χ0v) is 9.59. The van der Waals surface area contributed by atoms with Crippen LogP contribution in [0.5, 0.6) is 5.75 Å². The van der Waals surface area contributed by atoms with E-state index < -0.39 is 33.8 Å². The number of sulfonamides is 1. The molecule has 9 heteroatoms. The van der Waals surface area contributed by atoms with Gasteiger partial charge in [0.05, 0.1) is 11.4 Å². The van der Waals surface area contributed by atoms with Crippen LogP contribution in [-0.4, -0.2) is 32.4 Å². The lowest BCUT2D eigenvalue weighted by Gasteiger charge is -2.15. The van der Waals surface area contributed by atoms with Gasteiger partial charge in [0.2, 0.25) is 10.0 Å². The van der Waals surface area contributed by atoms with Gasteiger partial charge in [-0.2, -0.15) is 8.78 Å². The molecule has 102 valence electrons. The summed E-state index contributed by atoms with van der Waals surface area (Å²) in [7, 11) is -4.32. The predicted molar refractivity (Wildman–Crippen MR) is 54.2 cm³/mol. The fourth-order valence-electron chi connectivity index (χ4n) is 0.977. The van der Waals surface area contributed by atoms with Crippen molar-refractivity contribution >= 4 is 10.0 Å². The molecule has 18 heavy (non-hydrogen) atoms. The Kier molecular flexibility index (Phi) is 4.17. The molecular weight excluding hydrogens is 278 g/mol. The van der Waals surface area contributed by atoms with Crippen LogP contribution >= 0.6 is 0 Å². The average molecular weight is 287 g/mol. The van der Waals surface area contributed by atoms with Crippen molar-refractivity contribution in [3.63, 3.8) is 0 Å². The summed E-state index contributed by atoms with van der Waals surface area (Å²) < 4.78 is 73.0. The molecule has 4 nitrogen and oxygen atoms in total. The number of nitrogens with one attached hydrogen (secondary N) is 1. The third kappa shape index (κ3) is 3.57. The van der Waals surface area contributed by atoms with E-state index in [0.29, 0.717) is 0 Å². The Hall–Kier alpha value is -1.35. The molecule has 0 saturated heterocycles. The Bertz CT molecular complexity index is 501. The molecule has 0 radical (unpaired) electrons.